The van der Waals surface area contributed by atoms with E-state index < -0.39 is 5.41 Å². The summed E-state index contributed by atoms with van der Waals surface area (Å²) in [4.78, 5) is 0. The molecule has 272 valence electrons. The lowest BCUT2D eigenvalue weighted by atomic mass is 9.71. The number of rotatable bonds is 15. The van der Waals surface area contributed by atoms with Crippen LogP contribution < -0.4 is 14.2 Å². The number of ether oxygens (including phenoxy) is 6. The summed E-state index contributed by atoms with van der Waals surface area (Å²) < 4.78 is 37.4. The highest BCUT2D eigenvalue weighted by atomic mass is 16.7. The summed E-state index contributed by atoms with van der Waals surface area (Å²) in [5.41, 5.74) is 3.04. The predicted octanol–water partition coefficient (Wildman–Crippen LogP) is 11.3. The minimum Gasteiger partial charge on any atom is -0.465 e. The SMILES string of the molecule is CC(Oc1ccc(C(C)(c2ccc(OC(C)OC3CCCCC3)cc2)c2ccc(OC(C)OC3CCCCC3)cc2)cc1)OC1CCCCC1. The molecule has 3 aliphatic carbocycles. The monoisotopic (exact) mass is 684 g/mol. The van der Waals surface area contributed by atoms with Crippen LogP contribution in [0.4, 0.5) is 0 Å². The molecule has 6 nitrogen and oxygen atoms in total. The maximum Gasteiger partial charge on any atom is 0.197 e. The maximum atomic E-state index is 6.23. The molecule has 0 bridgehead atoms. The van der Waals surface area contributed by atoms with Gasteiger partial charge < -0.3 is 28.4 Å². The van der Waals surface area contributed by atoms with Crippen molar-refractivity contribution >= 4 is 0 Å². The fourth-order valence-electron chi connectivity index (χ4n) is 8.18. The molecule has 3 aromatic carbocycles. The van der Waals surface area contributed by atoms with E-state index >= 15 is 0 Å². The molecular weight excluding hydrogens is 624 g/mol. The Labute approximate surface area is 301 Å². The molecule has 3 aromatic rings. The number of hydrogen-bond donors (Lipinski definition) is 0. The topological polar surface area (TPSA) is 55.4 Å². The molecule has 0 N–H and O–H groups in total. The van der Waals surface area contributed by atoms with Crippen LogP contribution in [0.25, 0.3) is 0 Å². The molecule has 0 spiro atoms. The highest BCUT2D eigenvalue weighted by Crippen LogP contribution is 2.41. The Kier molecular flexibility index (Phi) is 13.2. The molecular formula is C44H60O6. The van der Waals surface area contributed by atoms with Gasteiger partial charge in [-0.1, -0.05) is 94.2 Å². The Morgan fingerprint density at radius 1 is 0.400 bits per heavy atom. The van der Waals surface area contributed by atoms with Crippen LogP contribution in [0.5, 0.6) is 17.2 Å². The lowest BCUT2D eigenvalue weighted by molar-refractivity contribution is -0.117. The van der Waals surface area contributed by atoms with Crippen LogP contribution >= 0.6 is 0 Å². The van der Waals surface area contributed by atoms with E-state index in [1.807, 2.05) is 20.8 Å². The highest BCUT2D eigenvalue weighted by molar-refractivity contribution is 5.52. The normalized spacial score (nSPS) is 21.1. The minimum absolute atomic E-state index is 0.288. The van der Waals surface area contributed by atoms with Crippen molar-refractivity contribution in [3.05, 3.63) is 89.5 Å². The van der Waals surface area contributed by atoms with Gasteiger partial charge in [-0.25, -0.2) is 0 Å². The van der Waals surface area contributed by atoms with Gasteiger partial charge in [-0.2, -0.15) is 0 Å². The van der Waals surface area contributed by atoms with Gasteiger partial charge in [0.15, 0.2) is 18.9 Å². The lowest BCUT2D eigenvalue weighted by Crippen LogP contribution is -2.27. The third-order valence-electron chi connectivity index (χ3n) is 11.0. The van der Waals surface area contributed by atoms with Gasteiger partial charge in [-0.15, -0.1) is 0 Å². The van der Waals surface area contributed by atoms with Gasteiger partial charge in [0.2, 0.25) is 0 Å². The summed E-state index contributed by atoms with van der Waals surface area (Å²) in [6, 6.07) is 25.5. The average Bonchev–Trinajstić information content (AvgIpc) is 3.13. The molecule has 0 saturated heterocycles. The zero-order valence-corrected chi connectivity index (χ0v) is 30.9. The van der Waals surface area contributed by atoms with Crippen LogP contribution in [0.1, 0.15) is 141 Å². The first-order valence-electron chi connectivity index (χ1n) is 19.6. The molecule has 3 fully saturated rings. The van der Waals surface area contributed by atoms with Crippen molar-refractivity contribution in [2.75, 3.05) is 0 Å². The fraction of sp³-hybridized carbons (Fsp3) is 0.591. The smallest absolute Gasteiger partial charge is 0.197 e. The van der Waals surface area contributed by atoms with Gasteiger partial charge in [-0.3, -0.25) is 0 Å². The second kappa shape index (κ2) is 17.9. The largest absolute Gasteiger partial charge is 0.465 e. The molecule has 3 atom stereocenters. The third kappa shape index (κ3) is 10.0. The summed E-state index contributed by atoms with van der Waals surface area (Å²) in [6.07, 6.45) is 18.1. The van der Waals surface area contributed by atoms with E-state index in [9.17, 15) is 0 Å². The summed E-state index contributed by atoms with van der Waals surface area (Å²) >= 11 is 0. The standard InChI is InChI=1S/C44H60O6/c1-32(45-38-14-8-5-9-15-38)48-41-26-20-35(21-27-41)44(4,36-22-28-42(29-23-36)49-33(2)46-39-16-10-6-11-17-39)37-24-30-43(31-25-37)50-34(3)47-40-18-12-7-13-19-40/h20-34,38-40H,5-19H2,1-4H3. The van der Waals surface area contributed by atoms with Crippen LogP contribution in [0.2, 0.25) is 0 Å². The highest BCUT2D eigenvalue weighted by Gasteiger charge is 2.32. The van der Waals surface area contributed by atoms with Crippen molar-refractivity contribution < 1.29 is 28.4 Å². The molecule has 50 heavy (non-hydrogen) atoms. The van der Waals surface area contributed by atoms with E-state index in [2.05, 4.69) is 79.7 Å². The summed E-state index contributed by atoms with van der Waals surface area (Å²) in [5.74, 6) is 2.43. The molecule has 0 aromatic heterocycles. The van der Waals surface area contributed by atoms with E-state index in [1.54, 1.807) is 0 Å². The van der Waals surface area contributed by atoms with Crippen molar-refractivity contribution in [3.63, 3.8) is 0 Å². The molecule has 3 saturated carbocycles. The third-order valence-corrected chi connectivity index (χ3v) is 11.0. The molecule has 0 heterocycles. The van der Waals surface area contributed by atoms with E-state index in [1.165, 1.54) is 57.8 Å². The van der Waals surface area contributed by atoms with E-state index in [4.69, 9.17) is 28.4 Å². The Hall–Kier alpha value is -3.06. The van der Waals surface area contributed by atoms with E-state index in [0.717, 1.165) is 72.5 Å². The fourth-order valence-corrected chi connectivity index (χ4v) is 8.18. The van der Waals surface area contributed by atoms with Crippen molar-refractivity contribution in [2.45, 2.75) is 167 Å². The molecule has 0 amide bonds. The van der Waals surface area contributed by atoms with Crippen LogP contribution in [0.3, 0.4) is 0 Å². The quantitative estimate of drug-likeness (QED) is 0.117. The Morgan fingerprint density at radius 3 is 0.880 bits per heavy atom. The second-order valence-corrected chi connectivity index (χ2v) is 14.9. The Bertz CT molecular complexity index is 1230. The molecule has 3 aliphatic rings. The first kappa shape index (κ1) is 36.7. The number of hydrogen-bond acceptors (Lipinski definition) is 6. The molecule has 6 heteroatoms. The van der Waals surface area contributed by atoms with Crippen LogP contribution in [-0.2, 0) is 19.6 Å². The van der Waals surface area contributed by atoms with Gasteiger partial charge in [0.1, 0.15) is 17.2 Å². The van der Waals surface area contributed by atoms with Gasteiger partial charge in [0, 0.05) is 5.41 Å². The van der Waals surface area contributed by atoms with Crippen molar-refractivity contribution in [1.82, 2.24) is 0 Å². The summed E-state index contributed by atoms with van der Waals surface area (Å²) in [6.45, 7) is 8.29. The van der Waals surface area contributed by atoms with Crippen molar-refractivity contribution in [2.24, 2.45) is 0 Å². The molecule has 0 aliphatic heterocycles. The lowest BCUT2D eigenvalue weighted by Gasteiger charge is -2.33. The minimum atomic E-state index is -0.450. The second-order valence-electron chi connectivity index (χ2n) is 14.9. The first-order chi connectivity index (χ1) is 24.3. The zero-order chi connectivity index (χ0) is 34.8. The van der Waals surface area contributed by atoms with E-state index in [-0.39, 0.29) is 18.9 Å². The zero-order valence-electron chi connectivity index (χ0n) is 30.9. The van der Waals surface area contributed by atoms with E-state index in [0.29, 0.717) is 18.3 Å². The van der Waals surface area contributed by atoms with Crippen molar-refractivity contribution in [1.29, 1.82) is 0 Å². The van der Waals surface area contributed by atoms with Gasteiger partial charge in [0.25, 0.3) is 0 Å². The predicted molar refractivity (Wildman–Crippen MR) is 199 cm³/mol. The summed E-state index contributed by atoms with van der Waals surface area (Å²) in [5, 5.41) is 0. The average molecular weight is 685 g/mol. The van der Waals surface area contributed by atoms with Gasteiger partial charge in [-0.05, 0) is 119 Å². The Balaban J connectivity index is 1.18. The Morgan fingerprint density at radius 2 is 0.640 bits per heavy atom. The van der Waals surface area contributed by atoms with Gasteiger partial charge in [0.05, 0.1) is 18.3 Å². The molecule has 0 radical (unpaired) electrons. The first-order valence-corrected chi connectivity index (χ1v) is 19.6. The van der Waals surface area contributed by atoms with Crippen LogP contribution in [0.15, 0.2) is 72.8 Å². The molecule has 6 rings (SSSR count). The molecule has 3 unspecified atom stereocenters. The van der Waals surface area contributed by atoms with Gasteiger partial charge >= 0.3 is 0 Å². The number of benzene rings is 3. The van der Waals surface area contributed by atoms with Crippen LogP contribution in [-0.4, -0.2) is 37.2 Å². The van der Waals surface area contributed by atoms with Crippen molar-refractivity contribution in [3.8, 4) is 17.2 Å². The summed E-state index contributed by atoms with van der Waals surface area (Å²) in [7, 11) is 0. The maximum absolute atomic E-state index is 6.23. The van der Waals surface area contributed by atoms with Crippen LogP contribution in [0, 0.1) is 0 Å².